The quantitative estimate of drug-likeness (QED) is 0.616. The van der Waals surface area contributed by atoms with Crippen molar-refractivity contribution in [2.75, 3.05) is 24.3 Å². The number of hydrogen-bond acceptors (Lipinski definition) is 5. The van der Waals surface area contributed by atoms with Crippen molar-refractivity contribution in [2.45, 2.75) is 4.90 Å². The summed E-state index contributed by atoms with van der Waals surface area (Å²) in [6.07, 6.45) is 0. The number of hydrogen-bond donors (Lipinski definition) is 2. The summed E-state index contributed by atoms with van der Waals surface area (Å²) in [5, 5.41) is 2.70. The molecule has 0 saturated heterocycles. The average Bonchev–Trinajstić information content (AvgIpc) is 2.74. The van der Waals surface area contributed by atoms with Crippen LogP contribution in [-0.2, 0) is 10.0 Å². The molecule has 7 nitrogen and oxygen atoms in total. The molecule has 0 atom stereocenters. The fourth-order valence-corrected chi connectivity index (χ4v) is 3.71. The van der Waals surface area contributed by atoms with E-state index in [2.05, 4.69) is 10.0 Å². The highest BCUT2D eigenvalue weighted by Crippen LogP contribution is 2.29. The number of methoxy groups -OCH3 is 2. The van der Waals surface area contributed by atoms with Crippen molar-refractivity contribution in [1.29, 1.82) is 0 Å². The molecule has 0 aliphatic rings. The summed E-state index contributed by atoms with van der Waals surface area (Å²) in [7, 11) is -0.959. The Morgan fingerprint density at radius 1 is 0.862 bits per heavy atom. The zero-order chi connectivity index (χ0) is 20.9. The van der Waals surface area contributed by atoms with Crippen LogP contribution in [0.1, 0.15) is 10.4 Å². The first-order chi connectivity index (χ1) is 13.9. The lowest BCUT2D eigenvalue weighted by molar-refractivity contribution is 0.102. The number of carbonyl (C=O) groups is 1. The third-order valence-corrected chi connectivity index (χ3v) is 5.47. The Bertz CT molecular complexity index is 1110. The van der Waals surface area contributed by atoms with Crippen LogP contribution < -0.4 is 19.5 Å². The third-order valence-electron chi connectivity index (χ3n) is 4.09. The van der Waals surface area contributed by atoms with Crippen LogP contribution in [0.25, 0.3) is 0 Å². The van der Waals surface area contributed by atoms with Crippen molar-refractivity contribution < 1.29 is 22.7 Å². The van der Waals surface area contributed by atoms with Gasteiger partial charge in [-0.15, -0.1) is 0 Å². The SMILES string of the molecule is COc1cccc(NS(=O)(=O)c2ccc(OC)c(NC(=O)c3ccccc3)c2)c1. The lowest BCUT2D eigenvalue weighted by atomic mass is 10.2. The van der Waals surface area contributed by atoms with Crippen molar-refractivity contribution in [2.24, 2.45) is 0 Å². The molecule has 3 rings (SSSR count). The van der Waals surface area contributed by atoms with Gasteiger partial charge in [-0.05, 0) is 42.5 Å². The van der Waals surface area contributed by atoms with Crippen LogP contribution in [0.4, 0.5) is 11.4 Å². The number of sulfonamides is 1. The van der Waals surface area contributed by atoms with Crippen molar-refractivity contribution in [3.63, 3.8) is 0 Å². The Morgan fingerprint density at radius 2 is 1.62 bits per heavy atom. The number of benzene rings is 3. The second kappa shape index (κ2) is 8.66. The molecule has 0 heterocycles. The standard InChI is InChI=1S/C21H20N2O5S/c1-27-17-10-6-9-16(13-17)23-29(25,26)18-11-12-20(28-2)19(14-18)22-21(24)15-7-4-3-5-8-15/h3-14,23H,1-2H3,(H,22,24). The molecule has 0 spiro atoms. The molecule has 0 aromatic heterocycles. The van der Waals surface area contributed by atoms with Gasteiger partial charge in [0.2, 0.25) is 0 Å². The molecule has 0 aliphatic carbocycles. The monoisotopic (exact) mass is 412 g/mol. The van der Waals surface area contributed by atoms with Crippen LogP contribution in [0.2, 0.25) is 0 Å². The summed E-state index contributed by atoms with van der Waals surface area (Å²) >= 11 is 0. The van der Waals surface area contributed by atoms with Crippen molar-refractivity contribution >= 4 is 27.3 Å². The molecule has 0 fully saturated rings. The Morgan fingerprint density at radius 3 is 2.31 bits per heavy atom. The lowest BCUT2D eigenvalue weighted by Gasteiger charge is -2.14. The molecule has 0 bridgehead atoms. The number of ether oxygens (including phenoxy) is 2. The lowest BCUT2D eigenvalue weighted by Crippen LogP contribution is -2.15. The van der Waals surface area contributed by atoms with E-state index < -0.39 is 10.0 Å². The molecule has 0 saturated carbocycles. The second-order valence-electron chi connectivity index (χ2n) is 6.02. The first-order valence-corrected chi connectivity index (χ1v) is 10.1. The van der Waals surface area contributed by atoms with Gasteiger partial charge in [-0.25, -0.2) is 8.42 Å². The van der Waals surface area contributed by atoms with Gasteiger partial charge >= 0.3 is 0 Å². The predicted molar refractivity (Wildman–Crippen MR) is 111 cm³/mol. The van der Waals surface area contributed by atoms with E-state index in [0.29, 0.717) is 22.7 Å². The second-order valence-corrected chi connectivity index (χ2v) is 7.70. The highest BCUT2D eigenvalue weighted by molar-refractivity contribution is 7.92. The van der Waals surface area contributed by atoms with Gasteiger partial charge < -0.3 is 14.8 Å². The van der Waals surface area contributed by atoms with E-state index in [9.17, 15) is 13.2 Å². The van der Waals surface area contributed by atoms with Gasteiger partial charge in [-0.2, -0.15) is 0 Å². The summed E-state index contributed by atoms with van der Waals surface area (Å²) in [4.78, 5) is 12.4. The number of nitrogens with one attached hydrogen (secondary N) is 2. The maximum atomic E-state index is 12.8. The molecule has 0 unspecified atom stereocenters. The fraction of sp³-hybridized carbons (Fsp3) is 0.0952. The molecule has 150 valence electrons. The largest absolute Gasteiger partial charge is 0.497 e. The van der Waals surface area contributed by atoms with E-state index in [0.717, 1.165) is 0 Å². The zero-order valence-corrected chi connectivity index (χ0v) is 16.7. The topological polar surface area (TPSA) is 93.7 Å². The zero-order valence-electron chi connectivity index (χ0n) is 15.9. The van der Waals surface area contributed by atoms with Crippen LogP contribution in [0.3, 0.4) is 0 Å². The van der Waals surface area contributed by atoms with E-state index in [-0.39, 0.29) is 16.5 Å². The Balaban J connectivity index is 1.89. The van der Waals surface area contributed by atoms with Crippen LogP contribution in [0, 0.1) is 0 Å². The van der Waals surface area contributed by atoms with Gasteiger partial charge in [0.25, 0.3) is 15.9 Å². The highest BCUT2D eigenvalue weighted by atomic mass is 32.2. The van der Waals surface area contributed by atoms with Crippen LogP contribution >= 0.6 is 0 Å². The number of anilines is 2. The summed E-state index contributed by atoms with van der Waals surface area (Å²) in [6.45, 7) is 0. The summed E-state index contributed by atoms with van der Waals surface area (Å²) < 4.78 is 38.5. The Labute approximate surface area is 169 Å². The van der Waals surface area contributed by atoms with Crippen LogP contribution in [-0.4, -0.2) is 28.5 Å². The summed E-state index contributed by atoms with van der Waals surface area (Å²) in [5.74, 6) is 0.490. The van der Waals surface area contributed by atoms with Crippen molar-refractivity contribution in [3.05, 3.63) is 78.4 Å². The third kappa shape index (κ3) is 4.85. The van der Waals surface area contributed by atoms with Gasteiger partial charge in [0.05, 0.1) is 30.5 Å². The molecule has 29 heavy (non-hydrogen) atoms. The van der Waals surface area contributed by atoms with E-state index >= 15 is 0 Å². The van der Waals surface area contributed by atoms with Crippen molar-refractivity contribution in [1.82, 2.24) is 0 Å². The fourth-order valence-electron chi connectivity index (χ4n) is 2.64. The highest BCUT2D eigenvalue weighted by Gasteiger charge is 2.18. The Kier molecular flexibility index (Phi) is 6.04. The minimum absolute atomic E-state index is 0.0236. The number of amides is 1. The van der Waals surface area contributed by atoms with E-state index in [4.69, 9.17) is 9.47 Å². The molecule has 3 aromatic rings. The maximum Gasteiger partial charge on any atom is 0.261 e. The van der Waals surface area contributed by atoms with Crippen LogP contribution in [0.15, 0.2) is 77.7 Å². The molecular formula is C21H20N2O5S. The average molecular weight is 412 g/mol. The van der Waals surface area contributed by atoms with E-state index in [1.165, 1.54) is 32.4 Å². The predicted octanol–water partition coefficient (Wildman–Crippen LogP) is 3.76. The molecule has 0 radical (unpaired) electrons. The van der Waals surface area contributed by atoms with E-state index in [1.54, 1.807) is 54.6 Å². The first-order valence-electron chi connectivity index (χ1n) is 8.64. The van der Waals surface area contributed by atoms with Gasteiger partial charge in [-0.1, -0.05) is 24.3 Å². The normalized spacial score (nSPS) is 10.8. The van der Waals surface area contributed by atoms with Gasteiger partial charge in [-0.3, -0.25) is 9.52 Å². The minimum atomic E-state index is -3.90. The molecular weight excluding hydrogens is 392 g/mol. The molecule has 1 amide bonds. The van der Waals surface area contributed by atoms with Gasteiger partial charge in [0.15, 0.2) is 0 Å². The van der Waals surface area contributed by atoms with Gasteiger partial charge in [0, 0.05) is 11.6 Å². The summed E-state index contributed by atoms with van der Waals surface area (Å²) in [6, 6.07) is 19.4. The number of carbonyl (C=O) groups excluding carboxylic acids is 1. The first kappa shape index (κ1) is 20.2. The molecule has 2 N–H and O–H groups in total. The Hall–Kier alpha value is -3.52. The smallest absolute Gasteiger partial charge is 0.261 e. The molecule has 8 heteroatoms. The van der Waals surface area contributed by atoms with Crippen molar-refractivity contribution in [3.8, 4) is 11.5 Å². The van der Waals surface area contributed by atoms with Gasteiger partial charge in [0.1, 0.15) is 11.5 Å². The maximum absolute atomic E-state index is 12.8. The van der Waals surface area contributed by atoms with Crippen LogP contribution in [0.5, 0.6) is 11.5 Å². The molecule has 3 aromatic carbocycles. The summed E-state index contributed by atoms with van der Waals surface area (Å²) in [5.41, 5.74) is 1.04. The minimum Gasteiger partial charge on any atom is -0.497 e. The number of rotatable bonds is 7. The molecule has 0 aliphatic heterocycles. The van der Waals surface area contributed by atoms with E-state index in [1.807, 2.05) is 0 Å².